The maximum Gasteiger partial charge on any atom is 0.231 e. The number of aromatic amines is 1. The van der Waals surface area contributed by atoms with E-state index in [0.717, 1.165) is 18.7 Å². The fraction of sp³-hybridized carbons (Fsp3) is 0.364. The maximum absolute atomic E-state index is 5.53. The van der Waals surface area contributed by atoms with Crippen molar-refractivity contribution >= 4 is 17.8 Å². The molecule has 18 heavy (non-hydrogen) atoms. The van der Waals surface area contributed by atoms with E-state index < -0.39 is 0 Å². The van der Waals surface area contributed by atoms with Gasteiger partial charge in [0.15, 0.2) is 0 Å². The van der Waals surface area contributed by atoms with E-state index in [1.807, 2.05) is 24.9 Å². The number of H-pyrrole nitrogens is 1. The highest BCUT2D eigenvalue weighted by atomic mass is 15.3. The predicted octanol–water partition coefficient (Wildman–Crippen LogP) is 0.351. The van der Waals surface area contributed by atoms with E-state index >= 15 is 0 Å². The minimum atomic E-state index is 0.139. The van der Waals surface area contributed by atoms with Gasteiger partial charge in [0.2, 0.25) is 17.8 Å². The largest absolute Gasteiger partial charge is 0.368 e. The first-order chi connectivity index (χ1) is 8.54. The van der Waals surface area contributed by atoms with Crippen molar-refractivity contribution in [1.82, 2.24) is 19.9 Å². The maximum atomic E-state index is 5.53. The molecular weight excluding hydrogens is 230 g/mol. The Morgan fingerprint density at radius 3 is 2.39 bits per heavy atom. The van der Waals surface area contributed by atoms with Crippen LogP contribution in [0.5, 0.6) is 0 Å². The average Bonchev–Trinajstić information content (AvgIpc) is 2.70. The van der Waals surface area contributed by atoms with Gasteiger partial charge in [-0.2, -0.15) is 15.0 Å². The molecule has 7 heteroatoms. The number of hydrogen-bond donors (Lipinski definition) is 3. The van der Waals surface area contributed by atoms with E-state index in [1.165, 1.54) is 5.69 Å². The number of aromatic nitrogens is 4. The summed E-state index contributed by atoms with van der Waals surface area (Å²) in [6.45, 7) is 2.80. The van der Waals surface area contributed by atoms with Gasteiger partial charge in [-0.15, -0.1) is 0 Å². The predicted molar refractivity (Wildman–Crippen MR) is 71.2 cm³/mol. The molecule has 0 saturated carbocycles. The van der Waals surface area contributed by atoms with Crippen LogP contribution in [0.1, 0.15) is 11.4 Å². The minimum absolute atomic E-state index is 0.139. The van der Waals surface area contributed by atoms with E-state index in [9.17, 15) is 0 Å². The molecule has 96 valence electrons. The molecular formula is C11H17N7. The van der Waals surface area contributed by atoms with Crippen LogP contribution in [0.3, 0.4) is 0 Å². The smallest absolute Gasteiger partial charge is 0.231 e. The van der Waals surface area contributed by atoms with Crippen molar-refractivity contribution in [2.75, 3.05) is 30.0 Å². The molecule has 2 aromatic rings. The van der Waals surface area contributed by atoms with Crippen LogP contribution in [0.25, 0.3) is 0 Å². The summed E-state index contributed by atoms with van der Waals surface area (Å²) in [4.78, 5) is 17.0. The molecule has 0 spiro atoms. The molecule has 0 unspecified atom stereocenters. The molecule has 2 heterocycles. The van der Waals surface area contributed by atoms with Gasteiger partial charge in [0.05, 0.1) is 0 Å². The lowest BCUT2D eigenvalue weighted by Crippen LogP contribution is -2.24. The highest BCUT2D eigenvalue weighted by molar-refractivity contribution is 5.39. The average molecular weight is 247 g/mol. The molecule has 0 bridgehead atoms. The quantitative estimate of drug-likeness (QED) is 0.719. The van der Waals surface area contributed by atoms with Gasteiger partial charge in [0, 0.05) is 31.4 Å². The number of nitrogens with one attached hydrogen (secondary N) is 1. The molecule has 0 aliphatic carbocycles. The van der Waals surface area contributed by atoms with Gasteiger partial charge in [0.25, 0.3) is 0 Å². The Kier molecular flexibility index (Phi) is 3.31. The van der Waals surface area contributed by atoms with Crippen molar-refractivity contribution in [3.63, 3.8) is 0 Å². The fourth-order valence-electron chi connectivity index (χ4n) is 1.66. The van der Waals surface area contributed by atoms with Crippen LogP contribution in [0, 0.1) is 6.92 Å². The Morgan fingerprint density at radius 1 is 1.17 bits per heavy atom. The zero-order chi connectivity index (χ0) is 13.1. The lowest BCUT2D eigenvalue weighted by Gasteiger charge is -2.16. The highest BCUT2D eigenvalue weighted by Gasteiger charge is 2.07. The second-order valence-electron chi connectivity index (χ2n) is 4.19. The van der Waals surface area contributed by atoms with E-state index in [2.05, 4.69) is 26.0 Å². The SMILES string of the molecule is Cc1ccc(CCN(C)c2nc(N)nc(N)n2)[nH]1. The van der Waals surface area contributed by atoms with Crippen LogP contribution in [0.15, 0.2) is 12.1 Å². The zero-order valence-corrected chi connectivity index (χ0v) is 10.5. The topological polar surface area (TPSA) is 110 Å². The molecule has 5 N–H and O–H groups in total. The summed E-state index contributed by atoms with van der Waals surface area (Å²) in [5.74, 6) is 0.767. The Bertz CT molecular complexity index is 514. The van der Waals surface area contributed by atoms with Crippen molar-refractivity contribution in [2.45, 2.75) is 13.3 Å². The zero-order valence-electron chi connectivity index (χ0n) is 10.5. The van der Waals surface area contributed by atoms with E-state index in [4.69, 9.17) is 11.5 Å². The lowest BCUT2D eigenvalue weighted by atomic mass is 10.3. The van der Waals surface area contributed by atoms with Crippen LogP contribution in [-0.4, -0.2) is 33.5 Å². The summed E-state index contributed by atoms with van der Waals surface area (Å²) in [6, 6.07) is 4.12. The molecule has 2 rings (SSSR count). The van der Waals surface area contributed by atoms with Crippen LogP contribution >= 0.6 is 0 Å². The molecule has 0 amide bonds. The van der Waals surface area contributed by atoms with Crippen molar-refractivity contribution in [2.24, 2.45) is 0 Å². The molecule has 0 atom stereocenters. The Labute approximate surface area is 105 Å². The van der Waals surface area contributed by atoms with Gasteiger partial charge in [-0.3, -0.25) is 0 Å². The van der Waals surface area contributed by atoms with Gasteiger partial charge in [-0.05, 0) is 19.1 Å². The minimum Gasteiger partial charge on any atom is -0.368 e. The van der Waals surface area contributed by atoms with Crippen molar-refractivity contribution in [1.29, 1.82) is 0 Å². The van der Waals surface area contributed by atoms with E-state index in [-0.39, 0.29) is 11.9 Å². The van der Waals surface area contributed by atoms with Crippen molar-refractivity contribution in [3.05, 3.63) is 23.5 Å². The summed E-state index contributed by atoms with van der Waals surface area (Å²) < 4.78 is 0. The monoisotopic (exact) mass is 247 g/mol. The number of aryl methyl sites for hydroxylation is 1. The fourth-order valence-corrected chi connectivity index (χ4v) is 1.66. The van der Waals surface area contributed by atoms with E-state index in [0.29, 0.717) is 5.95 Å². The van der Waals surface area contributed by atoms with Gasteiger partial charge in [0.1, 0.15) is 0 Å². The molecule has 0 saturated heterocycles. The standard InChI is InChI=1S/C11H17N7/c1-7-3-4-8(14-7)5-6-18(2)11-16-9(12)15-10(13)17-11/h3-4,14H,5-6H2,1-2H3,(H4,12,13,15,16,17). The Morgan fingerprint density at radius 2 is 1.83 bits per heavy atom. The third kappa shape index (κ3) is 2.88. The summed E-state index contributed by atoms with van der Waals surface area (Å²) in [6.07, 6.45) is 0.871. The summed E-state index contributed by atoms with van der Waals surface area (Å²) in [5.41, 5.74) is 13.4. The molecule has 0 fully saturated rings. The number of hydrogen-bond acceptors (Lipinski definition) is 6. The second-order valence-corrected chi connectivity index (χ2v) is 4.19. The van der Waals surface area contributed by atoms with Gasteiger partial charge in [-0.1, -0.05) is 0 Å². The molecule has 2 aromatic heterocycles. The molecule has 0 aliphatic heterocycles. The molecule has 0 aromatic carbocycles. The summed E-state index contributed by atoms with van der Waals surface area (Å²) >= 11 is 0. The number of anilines is 3. The normalized spacial score (nSPS) is 10.6. The van der Waals surface area contributed by atoms with E-state index in [1.54, 1.807) is 0 Å². The van der Waals surface area contributed by atoms with Crippen LogP contribution in [-0.2, 0) is 6.42 Å². The number of nitrogens with two attached hydrogens (primary N) is 2. The molecule has 7 nitrogen and oxygen atoms in total. The number of likely N-dealkylation sites (N-methyl/N-ethyl adjacent to an activating group) is 1. The van der Waals surface area contributed by atoms with Crippen LogP contribution in [0.4, 0.5) is 17.8 Å². The third-order valence-electron chi connectivity index (χ3n) is 2.61. The van der Waals surface area contributed by atoms with Crippen LogP contribution < -0.4 is 16.4 Å². The number of rotatable bonds is 4. The highest BCUT2D eigenvalue weighted by Crippen LogP contribution is 2.09. The van der Waals surface area contributed by atoms with Crippen LogP contribution in [0.2, 0.25) is 0 Å². The Balaban J connectivity index is 2.01. The lowest BCUT2D eigenvalue weighted by molar-refractivity contribution is 0.820. The molecule has 0 radical (unpaired) electrons. The molecule has 0 aliphatic rings. The van der Waals surface area contributed by atoms with Gasteiger partial charge in [-0.25, -0.2) is 0 Å². The van der Waals surface area contributed by atoms with Crippen molar-refractivity contribution < 1.29 is 0 Å². The summed E-state index contributed by atoms with van der Waals surface area (Å²) in [5, 5.41) is 0. The third-order valence-corrected chi connectivity index (χ3v) is 2.61. The number of nitrogen functional groups attached to an aromatic ring is 2. The van der Waals surface area contributed by atoms with Crippen molar-refractivity contribution in [3.8, 4) is 0 Å². The second kappa shape index (κ2) is 4.91. The first kappa shape index (κ1) is 12.2. The summed E-state index contributed by atoms with van der Waals surface area (Å²) in [7, 11) is 1.89. The number of nitrogens with zero attached hydrogens (tertiary/aromatic N) is 4. The van der Waals surface area contributed by atoms with Gasteiger partial charge < -0.3 is 21.4 Å². The Hall–Kier alpha value is -2.31. The first-order valence-corrected chi connectivity index (χ1v) is 5.67. The first-order valence-electron chi connectivity index (χ1n) is 5.67. The van der Waals surface area contributed by atoms with Gasteiger partial charge >= 0.3 is 0 Å².